The summed E-state index contributed by atoms with van der Waals surface area (Å²) in [5.74, 6) is -1.39. The molecule has 0 atom stereocenters. The molecule has 92 valence electrons. The highest BCUT2D eigenvalue weighted by Crippen LogP contribution is 2.16. The molecule has 0 saturated carbocycles. The third-order valence-corrected chi connectivity index (χ3v) is 2.80. The van der Waals surface area contributed by atoms with Gasteiger partial charge in [0.1, 0.15) is 11.6 Å². The second-order valence-electron chi connectivity index (χ2n) is 4.13. The molecule has 0 bridgehead atoms. The largest absolute Gasteiger partial charge is 0.294 e. The second kappa shape index (κ2) is 5.08. The Balaban J connectivity index is 2.28. The zero-order chi connectivity index (χ0) is 13.1. The molecule has 0 aliphatic carbocycles. The van der Waals surface area contributed by atoms with E-state index in [0.29, 0.717) is 5.56 Å². The van der Waals surface area contributed by atoms with Gasteiger partial charge in [-0.3, -0.25) is 4.79 Å². The molecule has 0 saturated heterocycles. The van der Waals surface area contributed by atoms with Crippen LogP contribution in [0.2, 0.25) is 0 Å². The van der Waals surface area contributed by atoms with E-state index < -0.39 is 17.4 Å². The molecule has 0 amide bonds. The molecule has 2 aromatic carbocycles. The van der Waals surface area contributed by atoms with E-state index in [4.69, 9.17) is 0 Å². The zero-order valence-corrected chi connectivity index (χ0v) is 9.91. The first kappa shape index (κ1) is 12.4. The predicted molar refractivity (Wildman–Crippen MR) is 65.6 cm³/mol. The van der Waals surface area contributed by atoms with Gasteiger partial charge in [-0.05, 0) is 30.2 Å². The van der Waals surface area contributed by atoms with Crippen LogP contribution in [0.3, 0.4) is 0 Å². The molecule has 18 heavy (non-hydrogen) atoms. The van der Waals surface area contributed by atoms with Crippen LogP contribution in [0.4, 0.5) is 8.78 Å². The molecule has 0 N–H and O–H groups in total. The number of Topliss-reactive ketones (excluding diaryl/α,β-unsaturated/α-hetero) is 1. The number of hydrogen-bond acceptors (Lipinski definition) is 1. The standard InChI is InChI=1S/C15H12F2O/c1-10-5-4-7-12(15(10)17)14(18)9-11-6-2-3-8-13(11)16/h2-8H,9H2,1H3. The third kappa shape index (κ3) is 2.45. The van der Waals surface area contributed by atoms with E-state index in [2.05, 4.69) is 0 Å². The number of halogens is 2. The Bertz CT molecular complexity index is 591. The van der Waals surface area contributed by atoms with Crippen LogP contribution in [-0.4, -0.2) is 5.78 Å². The number of carbonyl (C=O) groups is 1. The molecular formula is C15H12F2O. The Kier molecular flexibility index (Phi) is 3.51. The second-order valence-corrected chi connectivity index (χ2v) is 4.13. The van der Waals surface area contributed by atoms with Crippen LogP contribution in [-0.2, 0) is 6.42 Å². The molecule has 1 nitrogen and oxygen atoms in total. The highest BCUT2D eigenvalue weighted by atomic mass is 19.1. The minimum Gasteiger partial charge on any atom is -0.294 e. The summed E-state index contributed by atoms with van der Waals surface area (Å²) in [5, 5.41) is 0. The van der Waals surface area contributed by atoms with E-state index >= 15 is 0 Å². The maximum atomic E-state index is 13.7. The van der Waals surface area contributed by atoms with Gasteiger partial charge in [0.2, 0.25) is 0 Å². The smallest absolute Gasteiger partial charge is 0.170 e. The van der Waals surface area contributed by atoms with E-state index in [1.807, 2.05) is 0 Å². The van der Waals surface area contributed by atoms with Gasteiger partial charge >= 0.3 is 0 Å². The molecule has 0 fully saturated rings. The van der Waals surface area contributed by atoms with E-state index in [1.165, 1.54) is 18.2 Å². The molecule has 0 heterocycles. The van der Waals surface area contributed by atoms with Crippen molar-refractivity contribution in [1.82, 2.24) is 0 Å². The zero-order valence-electron chi connectivity index (χ0n) is 9.91. The number of rotatable bonds is 3. The van der Waals surface area contributed by atoms with Gasteiger partial charge in [0.05, 0.1) is 5.56 Å². The summed E-state index contributed by atoms with van der Waals surface area (Å²) < 4.78 is 27.1. The first-order valence-electron chi connectivity index (χ1n) is 5.61. The SMILES string of the molecule is Cc1cccc(C(=O)Cc2ccccc2F)c1F. The number of aryl methyl sites for hydroxylation is 1. The van der Waals surface area contributed by atoms with Crippen molar-refractivity contribution in [3.63, 3.8) is 0 Å². The van der Waals surface area contributed by atoms with Gasteiger partial charge in [-0.2, -0.15) is 0 Å². The van der Waals surface area contributed by atoms with Gasteiger partial charge in [-0.25, -0.2) is 8.78 Å². The molecule has 0 unspecified atom stereocenters. The third-order valence-electron chi connectivity index (χ3n) is 2.80. The van der Waals surface area contributed by atoms with Crippen LogP contribution in [0, 0.1) is 18.6 Å². The van der Waals surface area contributed by atoms with Gasteiger partial charge in [0.25, 0.3) is 0 Å². The molecule has 0 aliphatic rings. The van der Waals surface area contributed by atoms with Crippen LogP contribution in [0.15, 0.2) is 42.5 Å². The normalized spacial score (nSPS) is 10.4. The lowest BCUT2D eigenvalue weighted by molar-refractivity contribution is 0.0988. The monoisotopic (exact) mass is 246 g/mol. The van der Waals surface area contributed by atoms with E-state index in [0.717, 1.165) is 0 Å². The number of hydrogen-bond donors (Lipinski definition) is 0. The summed E-state index contributed by atoms with van der Waals surface area (Å²) in [7, 11) is 0. The molecular weight excluding hydrogens is 234 g/mol. The average Bonchev–Trinajstić information content (AvgIpc) is 2.35. The van der Waals surface area contributed by atoms with E-state index in [-0.39, 0.29) is 17.5 Å². The fourth-order valence-corrected chi connectivity index (χ4v) is 1.77. The van der Waals surface area contributed by atoms with Crippen LogP contribution >= 0.6 is 0 Å². The van der Waals surface area contributed by atoms with Crippen molar-refractivity contribution in [3.8, 4) is 0 Å². The number of ketones is 1. The number of benzene rings is 2. The van der Waals surface area contributed by atoms with Gasteiger partial charge < -0.3 is 0 Å². The highest BCUT2D eigenvalue weighted by molar-refractivity contribution is 5.97. The summed E-state index contributed by atoms with van der Waals surface area (Å²) in [6, 6.07) is 10.7. The molecule has 2 rings (SSSR count). The minimum atomic E-state index is -0.529. The Morgan fingerprint density at radius 3 is 2.50 bits per heavy atom. The first-order chi connectivity index (χ1) is 8.59. The molecule has 0 radical (unpaired) electrons. The summed E-state index contributed by atoms with van der Waals surface area (Å²) in [4.78, 5) is 11.9. The van der Waals surface area contributed by atoms with Gasteiger partial charge in [-0.15, -0.1) is 0 Å². The summed E-state index contributed by atoms with van der Waals surface area (Å²) in [5.41, 5.74) is 0.705. The Hall–Kier alpha value is -2.03. The Labute approximate surface area is 104 Å². The lowest BCUT2D eigenvalue weighted by Crippen LogP contribution is -2.08. The Morgan fingerprint density at radius 1 is 1.06 bits per heavy atom. The predicted octanol–water partition coefficient (Wildman–Crippen LogP) is 3.70. The molecule has 0 aromatic heterocycles. The fraction of sp³-hybridized carbons (Fsp3) is 0.133. The Morgan fingerprint density at radius 2 is 1.78 bits per heavy atom. The van der Waals surface area contributed by atoms with Crippen molar-refractivity contribution in [2.75, 3.05) is 0 Å². The quantitative estimate of drug-likeness (QED) is 0.755. The lowest BCUT2D eigenvalue weighted by atomic mass is 10.0. The van der Waals surface area contributed by atoms with Crippen LogP contribution in [0.25, 0.3) is 0 Å². The van der Waals surface area contributed by atoms with Crippen LogP contribution < -0.4 is 0 Å². The molecule has 3 heteroatoms. The van der Waals surface area contributed by atoms with Gasteiger partial charge in [0.15, 0.2) is 5.78 Å². The van der Waals surface area contributed by atoms with Crippen molar-refractivity contribution in [1.29, 1.82) is 0 Å². The van der Waals surface area contributed by atoms with Crippen molar-refractivity contribution in [2.45, 2.75) is 13.3 Å². The van der Waals surface area contributed by atoms with E-state index in [9.17, 15) is 13.6 Å². The number of carbonyl (C=O) groups excluding carboxylic acids is 1. The molecule has 0 spiro atoms. The summed E-state index contributed by atoms with van der Waals surface area (Å²) >= 11 is 0. The van der Waals surface area contributed by atoms with Gasteiger partial charge in [-0.1, -0.05) is 30.3 Å². The topological polar surface area (TPSA) is 17.1 Å². The van der Waals surface area contributed by atoms with Crippen LogP contribution in [0.5, 0.6) is 0 Å². The maximum absolute atomic E-state index is 13.7. The lowest BCUT2D eigenvalue weighted by Gasteiger charge is -2.05. The highest BCUT2D eigenvalue weighted by Gasteiger charge is 2.15. The summed E-state index contributed by atoms with van der Waals surface area (Å²) in [6.45, 7) is 1.59. The van der Waals surface area contributed by atoms with Crippen molar-refractivity contribution >= 4 is 5.78 Å². The first-order valence-corrected chi connectivity index (χ1v) is 5.61. The fourth-order valence-electron chi connectivity index (χ4n) is 1.77. The minimum absolute atomic E-state index is 0.0123. The van der Waals surface area contributed by atoms with Gasteiger partial charge in [0, 0.05) is 6.42 Å². The molecule has 0 aliphatic heterocycles. The average molecular weight is 246 g/mol. The summed E-state index contributed by atoms with van der Waals surface area (Å²) in [6.07, 6.45) is -0.132. The van der Waals surface area contributed by atoms with E-state index in [1.54, 1.807) is 31.2 Å². The van der Waals surface area contributed by atoms with Crippen LogP contribution in [0.1, 0.15) is 21.5 Å². The molecule has 2 aromatic rings. The van der Waals surface area contributed by atoms with Crippen molar-refractivity contribution in [2.24, 2.45) is 0 Å². The van der Waals surface area contributed by atoms with Crippen molar-refractivity contribution < 1.29 is 13.6 Å². The maximum Gasteiger partial charge on any atom is 0.170 e. The van der Waals surface area contributed by atoms with Crippen molar-refractivity contribution in [3.05, 3.63) is 70.8 Å².